The summed E-state index contributed by atoms with van der Waals surface area (Å²) in [6, 6.07) is 13.7. The van der Waals surface area contributed by atoms with Crippen molar-refractivity contribution in [3.63, 3.8) is 0 Å². The van der Waals surface area contributed by atoms with E-state index < -0.39 is 0 Å². The normalized spacial score (nSPS) is 12.2. The molecule has 2 aromatic rings. The van der Waals surface area contributed by atoms with Crippen LogP contribution in [0.15, 0.2) is 42.5 Å². The third-order valence-corrected chi connectivity index (χ3v) is 3.62. The van der Waals surface area contributed by atoms with Gasteiger partial charge < -0.3 is 10.5 Å². The van der Waals surface area contributed by atoms with Crippen LogP contribution in [0.25, 0.3) is 0 Å². The van der Waals surface area contributed by atoms with E-state index in [0.717, 1.165) is 24.3 Å². The molecule has 3 heteroatoms. The standard InChI is InChI=1S/C17H20ClNO/c1-3-15(19)11-13-4-7-17(10-12(13)2)20-16-8-5-14(18)6-9-16/h4-10,15H,3,11,19H2,1-2H3. The molecule has 1 unspecified atom stereocenters. The van der Waals surface area contributed by atoms with Crippen molar-refractivity contribution < 1.29 is 4.74 Å². The SMILES string of the molecule is CCC(N)Cc1ccc(Oc2ccc(Cl)cc2)cc1C. The summed E-state index contributed by atoms with van der Waals surface area (Å²) in [7, 11) is 0. The van der Waals surface area contributed by atoms with E-state index in [2.05, 4.69) is 19.9 Å². The molecule has 106 valence electrons. The highest BCUT2D eigenvalue weighted by Crippen LogP contribution is 2.25. The Morgan fingerprint density at radius 1 is 1.10 bits per heavy atom. The Hall–Kier alpha value is -1.51. The molecule has 0 aliphatic heterocycles. The molecule has 0 saturated heterocycles. The van der Waals surface area contributed by atoms with Crippen LogP contribution < -0.4 is 10.5 Å². The summed E-state index contributed by atoms with van der Waals surface area (Å²) in [6.45, 7) is 4.20. The fraction of sp³-hybridized carbons (Fsp3) is 0.294. The molecule has 0 spiro atoms. The first-order valence-electron chi connectivity index (χ1n) is 6.87. The van der Waals surface area contributed by atoms with Gasteiger partial charge in [-0.2, -0.15) is 0 Å². The van der Waals surface area contributed by atoms with Crippen LogP contribution in [0.2, 0.25) is 5.02 Å². The van der Waals surface area contributed by atoms with E-state index in [1.54, 1.807) is 0 Å². The van der Waals surface area contributed by atoms with Crippen LogP contribution in [0.5, 0.6) is 11.5 Å². The van der Waals surface area contributed by atoms with Gasteiger partial charge in [-0.1, -0.05) is 24.6 Å². The lowest BCUT2D eigenvalue weighted by molar-refractivity contribution is 0.482. The van der Waals surface area contributed by atoms with Crippen LogP contribution >= 0.6 is 11.6 Å². The average molecular weight is 290 g/mol. The first-order chi connectivity index (χ1) is 9.58. The van der Waals surface area contributed by atoms with Crippen LogP contribution in [0.4, 0.5) is 0 Å². The highest BCUT2D eigenvalue weighted by Gasteiger charge is 2.06. The maximum Gasteiger partial charge on any atom is 0.127 e. The van der Waals surface area contributed by atoms with Crippen LogP contribution in [0.3, 0.4) is 0 Å². The predicted molar refractivity (Wildman–Crippen MR) is 84.7 cm³/mol. The molecule has 2 rings (SSSR count). The zero-order chi connectivity index (χ0) is 14.5. The number of aryl methyl sites for hydroxylation is 1. The molecule has 0 heterocycles. The van der Waals surface area contributed by atoms with Gasteiger partial charge in [0.05, 0.1) is 0 Å². The number of halogens is 1. The monoisotopic (exact) mass is 289 g/mol. The molecule has 0 aliphatic carbocycles. The van der Waals surface area contributed by atoms with Gasteiger partial charge in [-0.25, -0.2) is 0 Å². The van der Waals surface area contributed by atoms with Crippen LogP contribution in [0, 0.1) is 6.92 Å². The summed E-state index contributed by atoms with van der Waals surface area (Å²) in [5, 5.41) is 0.706. The summed E-state index contributed by atoms with van der Waals surface area (Å²) in [5.74, 6) is 1.62. The Kier molecular flexibility index (Phi) is 5.05. The van der Waals surface area contributed by atoms with Gasteiger partial charge in [-0.05, 0) is 67.3 Å². The van der Waals surface area contributed by atoms with Crippen LogP contribution in [-0.4, -0.2) is 6.04 Å². The Labute approximate surface area is 125 Å². The summed E-state index contributed by atoms with van der Waals surface area (Å²) in [5.41, 5.74) is 8.49. The molecule has 0 aliphatic rings. The van der Waals surface area contributed by atoms with Crippen molar-refractivity contribution in [2.24, 2.45) is 5.73 Å². The predicted octanol–water partition coefficient (Wildman–Crippen LogP) is 4.72. The number of rotatable bonds is 5. The van der Waals surface area contributed by atoms with Gasteiger partial charge in [0.15, 0.2) is 0 Å². The zero-order valence-electron chi connectivity index (χ0n) is 11.9. The molecule has 2 nitrogen and oxygen atoms in total. The molecular formula is C17H20ClNO. The molecule has 0 radical (unpaired) electrons. The number of ether oxygens (including phenoxy) is 1. The molecular weight excluding hydrogens is 270 g/mol. The van der Waals surface area contributed by atoms with E-state index in [9.17, 15) is 0 Å². The third-order valence-electron chi connectivity index (χ3n) is 3.37. The van der Waals surface area contributed by atoms with Crippen molar-refractivity contribution in [2.75, 3.05) is 0 Å². The Morgan fingerprint density at radius 3 is 2.35 bits per heavy atom. The molecule has 2 N–H and O–H groups in total. The number of nitrogens with two attached hydrogens (primary N) is 1. The lowest BCUT2D eigenvalue weighted by atomic mass is 10.00. The van der Waals surface area contributed by atoms with Crippen molar-refractivity contribution >= 4 is 11.6 Å². The number of benzene rings is 2. The van der Waals surface area contributed by atoms with E-state index in [-0.39, 0.29) is 6.04 Å². The largest absolute Gasteiger partial charge is 0.457 e. The second-order valence-corrected chi connectivity index (χ2v) is 5.45. The van der Waals surface area contributed by atoms with Gasteiger partial charge in [-0.3, -0.25) is 0 Å². The summed E-state index contributed by atoms with van der Waals surface area (Å²) < 4.78 is 5.81. The second-order valence-electron chi connectivity index (χ2n) is 5.02. The van der Waals surface area contributed by atoms with Gasteiger partial charge in [0, 0.05) is 11.1 Å². The molecule has 0 saturated carbocycles. The topological polar surface area (TPSA) is 35.2 Å². The summed E-state index contributed by atoms with van der Waals surface area (Å²) in [6.07, 6.45) is 1.89. The molecule has 0 aromatic heterocycles. The number of hydrogen-bond acceptors (Lipinski definition) is 2. The Morgan fingerprint density at radius 2 is 1.75 bits per heavy atom. The van der Waals surface area contributed by atoms with Crippen molar-refractivity contribution in [3.8, 4) is 11.5 Å². The number of hydrogen-bond donors (Lipinski definition) is 1. The van der Waals surface area contributed by atoms with Crippen molar-refractivity contribution in [3.05, 3.63) is 58.6 Å². The van der Waals surface area contributed by atoms with Gasteiger partial charge in [0.2, 0.25) is 0 Å². The van der Waals surface area contributed by atoms with E-state index >= 15 is 0 Å². The lowest BCUT2D eigenvalue weighted by Crippen LogP contribution is -2.21. The zero-order valence-corrected chi connectivity index (χ0v) is 12.7. The summed E-state index contributed by atoms with van der Waals surface area (Å²) >= 11 is 5.86. The van der Waals surface area contributed by atoms with Crippen LogP contribution in [-0.2, 0) is 6.42 Å². The van der Waals surface area contributed by atoms with E-state index in [4.69, 9.17) is 22.1 Å². The van der Waals surface area contributed by atoms with Gasteiger partial charge >= 0.3 is 0 Å². The fourth-order valence-electron chi connectivity index (χ4n) is 2.03. The highest BCUT2D eigenvalue weighted by atomic mass is 35.5. The molecule has 0 fully saturated rings. The summed E-state index contributed by atoms with van der Waals surface area (Å²) in [4.78, 5) is 0. The van der Waals surface area contributed by atoms with Gasteiger partial charge in [0.1, 0.15) is 11.5 Å². The Balaban J connectivity index is 2.10. The first-order valence-corrected chi connectivity index (χ1v) is 7.25. The molecule has 0 amide bonds. The quantitative estimate of drug-likeness (QED) is 0.864. The molecule has 20 heavy (non-hydrogen) atoms. The molecule has 2 aromatic carbocycles. The fourth-order valence-corrected chi connectivity index (χ4v) is 2.15. The average Bonchev–Trinajstić information content (AvgIpc) is 2.44. The smallest absolute Gasteiger partial charge is 0.127 e. The van der Waals surface area contributed by atoms with E-state index in [1.165, 1.54) is 11.1 Å². The highest BCUT2D eigenvalue weighted by molar-refractivity contribution is 6.30. The van der Waals surface area contributed by atoms with Crippen molar-refractivity contribution in [1.29, 1.82) is 0 Å². The lowest BCUT2D eigenvalue weighted by Gasteiger charge is -2.13. The minimum absolute atomic E-state index is 0.219. The third kappa shape index (κ3) is 3.99. The van der Waals surface area contributed by atoms with E-state index in [0.29, 0.717) is 5.02 Å². The van der Waals surface area contributed by atoms with Crippen molar-refractivity contribution in [1.82, 2.24) is 0 Å². The second kappa shape index (κ2) is 6.78. The maximum absolute atomic E-state index is 6.01. The maximum atomic E-state index is 6.01. The van der Waals surface area contributed by atoms with E-state index in [1.807, 2.05) is 36.4 Å². The molecule has 0 bridgehead atoms. The Bertz CT molecular complexity index is 566. The minimum atomic E-state index is 0.219. The first kappa shape index (κ1) is 14.9. The van der Waals surface area contributed by atoms with Crippen molar-refractivity contribution in [2.45, 2.75) is 32.7 Å². The van der Waals surface area contributed by atoms with Crippen LogP contribution in [0.1, 0.15) is 24.5 Å². The molecule has 1 atom stereocenters. The van der Waals surface area contributed by atoms with Gasteiger partial charge in [0.25, 0.3) is 0 Å². The minimum Gasteiger partial charge on any atom is -0.457 e. The van der Waals surface area contributed by atoms with Gasteiger partial charge in [-0.15, -0.1) is 0 Å².